The minimum Gasteiger partial charge on any atom is -0.482 e. The van der Waals surface area contributed by atoms with Crippen molar-refractivity contribution >= 4 is 5.91 Å². The van der Waals surface area contributed by atoms with Gasteiger partial charge in [0.05, 0.1) is 11.6 Å². The molecule has 128 valence electrons. The van der Waals surface area contributed by atoms with Crippen LogP contribution in [0.15, 0.2) is 42.5 Å². The summed E-state index contributed by atoms with van der Waals surface area (Å²) in [5, 5.41) is 12.0. The number of fused-ring (bicyclic) bond motifs is 1. The van der Waals surface area contributed by atoms with E-state index in [1.807, 2.05) is 6.92 Å². The molecule has 0 heterocycles. The number of nitrogens with one attached hydrogen (secondary N) is 1. The van der Waals surface area contributed by atoms with Crippen molar-refractivity contribution in [2.24, 2.45) is 0 Å². The van der Waals surface area contributed by atoms with Crippen molar-refractivity contribution in [1.82, 2.24) is 5.32 Å². The number of hydrogen-bond donors (Lipinski definition) is 1. The molecule has 3 rings (SSSR count). The van der Waals surface area contributed by atoms with Crippen LogP contribution in [0.5, 0.6) is 5.75 Å². The van der Waals surface area contributed by atoms with Gasteiger partial charge in [-0.3, -0.25) is 4.79 Å². The van der Waals surface area contributed by atoms with Gasteiger partial charge in [-0.1, -0.05) is 30.3 Å². The van der Waals surface area contributed by atoms with E-state index in [9.17, 15) is 4.79 Å². The minimum atomic E-state index is -0.196. The maximum absolute atomic E-state index is 12.2. The highest BCUT2D eigenvalue weighted by Crippen LogP contribution is 2.24. The zero-order chi connectivity index (χ0) is 17.6. The van der Waals surface area contributed by atoms with E-state index < -0.39 is 0 Å². The second-order valence-electron chi connectivity index (χ2n) is 6.42. The van der Waals surface area contributed by atoms with E-state index >= 15 is 0 Å². The Morgan fingerprint density at radius 2 is 1.96 bits per heavy atom. The summed E-state index contributed by atoms with van der Waals surface area (Å²) in [5.41, 5.74) is 4.39. The summed E-state index contributed by atoms with van der Waals surface area (Å²) in [6.45, 7) is 1.87. The molecule has 0 bridgehead atoms. The van der Waals surface area contributed by atoms with Crippen LogP contribution in [0, 0.1) is 11.3 Å². The Morgan fingerprint density at radius 3 is 2.76 bits per heavy atom. The van der Waals surface area contributed by atoms with Crippen molar-refractivity contribution in [2.45, 2.75) is 38.6 Å². The fourth-order valence-electron chi connectivity index (χ4n) is 3.22. The summed E-state index contributed by atoms with van der Waals surface area (Å²) < 4.78 is 5.48. The molecule has 1 amide bonds. The fourth-order valence-corrected chi connectivity index (χ4v) is 3.22. The van der Waals surface area contributed by atoms with Crippen LogP contribution in [0.4, 0.5) is 0 Å². The first-order valence-corrected chi connectivity index (χ1v) is 8.70. The van der Waals surface area contributed by atoms with E-state index in [0.29, 0.717) is 11.3 Å². The third-order valence-corrected chi connectivity index (χ3v) is 4.62. The van der Waals surface area contributed by atoms with Crippen LogP contribution in [0.3, 0.4) is 0 Å². The van der Waals surface area contributed by atoms with Crippen molar-refractivity contribution in [1.29, 1.82) is 5.26 Å². The molecule has 0 saturated heterocycles. The number of carbonyl (C=O) groups excluding carboxylic acids is 1. The monoisotopic (exact) mass is 334 g/mol. The SMILES string of the molecule is C[C@H](NC(=O)COc1ccccc1C#N)c1ccc2c(c1)CCCC2. The maximum atomic E-state index is 12.2. The van der Waals surface area contributed by atoms with Crippen LogP contribution in [0.25, 0.3) is 0 Å². The van der Waals surface area contributed by atoms with Gasteiger partial charge in [0, 0.05) is 0 Å². The molecule has 0 fully saturated rings. The van der Waals surface area contributed by atoms with E-state index in [1.54, 1.807) is 24.3 Å². The molecule has 25 heavy (non-hydrogen) atoms. The number of ether oxygens (including phenoxy) is 1. The van der Waals surface area contributed by atoms with Gasteiger partial charge in [0.2, 0.25) is 0 Å². The lowest BCUT2D eigenvalue weighted by Crippen LogP contribution is -2.31. The Hall–Kier alpha value is -2.80. The van der Waals surface area contributed by atoms with Gasteiger partial charge in [-0.15, -0.1) is 0 Å². The molecule has 0 radical (unpaired) electrons. The van der Waals surface area contributed by atoms with Gasteiger partial charge in [0.1, 0.15) is 11.8 Å². The van der Waals surface area contributed by atoms with E-state index in [-0.39, 0.29) is 18.6 Å². The Bertz CT molecular complexity index is 808. The Morgan fingerprint density at radius 1 is 1.20 bits per heavy atom. The van der Waals surface area contributed by atoms with Crippen LogP contribution in [0.2, 0.25) is 0 Å². The normalized spacial score (nSPS) is 14.1. The highest BCUT2D eigenvalue weighted by Gasteiger charge is 2.14. The second kappa shape index (κ2) is 7.85. The third kappa shape index (κ3) is 4.19. The van der Waals surface area contributed by atoms with E-state index in [4.69, 9.17) is 10.00 Å². The van der Waals surface area contributed by atoms with Crippen molar-refractivity contribution in [3.8, 4) is 11.8 Å². The lowest BCUT2D eigenvalue weighted by Gasteiger charge is -2.20. The number of aryl methyl sites for hydroxylation is 2. The lowest BCUT2D eigenvalue weighted by atomic mass is 9.89. The molecule has 4 nitrogen and oxygen atoms in total. The highest BCUT2D eigenvalue weighted by molar-refractivity contribution is 5.78. The standard InChI is InChI=1S/C21H22N2O2/c1-15(17-11-10-16-6-2-3-7-18(16)12-17)23-21(24)14-25-20-9-5-4-8-19(20)13-22/h4-5,8-12,15H,2-3,6-7,14H2,1H3,(H,23,24)/t15-/m0/s1. The fraction of sp³-hybridized carbons (Fsp3) is 0.333. The molecule has 0 unspecified atom stereocenters. The van der Waals surface area contributed by atoms with E-state index in [1.165, 1.54) is 24.0 Å². The van der Waals surface area contributed by atoms with Gasteiger partial charge in [-0.05, 0) is 61.4 Å². The predicted molar refractivity (Wildman–Crippen MR) is 96.3 cm³/mol. The molecule has 0 aliphatic heterocycles. The second-order valence-corrected chi connectivity index (χ2v) is 6.42. The minimum absolute atomic E-state index is 0.0745. The number of para-hydroxylation sites is 1. The highest BCUT2D eigenvalue weighted by atomic mass is 16.5. The van der Waals surface area contributed by atoms with E-state index in [0.717, 1.165) is 18.4 Å². The van der Waals surface area contributed by atoms with Crippen molar-refractivity contribution < 1.29 is 9.53 Å². The average molecular weight is 334 g/mol. The largest absolute Gasteiger partial charge is 0.482 e. The molecule has 1 N–H and O–H groups in total. The number of amides is 1. The zero-order valence-electron chi connectivity index (χ0n) is 14.4. The molecular formula is C21H22N2O2. The summed E-state index contributed by atoms with van der Waals surface area (Å²) in [6.07, 6.45) is 4.78. The predicted octanol–water partition coefficient (Wildman–Crippen LogP) is 3.69. The molecular weight excluding hydrogens is 312 g/mol. The summed E-state index contributed by atoms with van der Waals surface area (Å²) in [5.74, 6) is 0.236. The molecule has 1 aliphatic rings. The molecule has 4 heteroatoms. The van der Waals surface area contributed by atoms with Crippen molar-refractivity contribution in [3.05, 3.63) is 64.7 Å². The first-order valence-electron chi connectivity index (χ1n) is 8.70. The smallest absolute Gasteiger partial charge is 0.258 e. The van der Waals surface area contributed by atoms with Crippen LogP contribution in [-0.2, 0) is 17.6 Å². The molecule has 1 aliphatic carbocycles. The van der Waals surface area contributed by atoms with Gasteiger partial charge in [-0.25, -0.2) is 0 Å². The van der Waals surface area contributed by atoms with Gasteiger partial charge < -0.3 is 10.1 Å². The summed E-state index contributed by atoms with van der Waals surface area (Å²) in [4.78, 5) is 12.2. The maximum Gasteiger partial charge on any atom is 0.258 e. The first kappa shape index (κ1) is 17.0. The number of rotatable bonds is 5. The molecule has 2 aromatic rings. The van der Waals surface area contributed by atoms with Gasteiger partial charge in [0.25, 0.3) is 5.91 Å². The number of carbonyl (C=O) groups is 1. The quantitative estimate of drug-likeness (QED) is 0.907. The Balaban J connectivity index is 1.58. The van der Waals surface area contributed by atoms with Crippen LogP contribution >= 0.6 is 0 Å². The molecule has 0 saturated carbocycles. The lowest BCUT2D eigenvalue weighted by molar-refractivity contribution is -0.123. The Kier molecular flexibility index (Phi) is 5.35. The van der Waals surface area contributed by atoms with Crippen molar-refractivity contribution in [3.63, 3.8) is 0 Å². The number of nitriles is 1. The van der Waals surface area contributed by atoms with Crippen LogP contribution in [0.1, 0.15) is 48.1 Å². The summed E-state index contributed by atoms with van der Waals surface area (Å²) >= 11 is 0. The number of nitrogens with zero attached hydrogens (tertiary/aromatic N) is 1. The number of hydrogen-bond acceptors (Lipinski definition) is 3. The first-order chi connectivity index (χ1) is 12.2. The van der Waals surface area contributed by atoms with Gasteiger partial charge in [0.15, 0.2) is 6.61 Å². The molecule has 2 aromatic carbocycles. The Labute approximate surface area is 148 Å². The topological polar surface area (TPSA) is 62.1 Å². The van der Waals surface area contributed by atoms with Crippen LogP contribution in [-0.4, -0.2) is 12.5 Å². The third-order valence-electron chi connectivity index (χ3n) is 4.62. The van der Waals surface area contributed by atoms with Crippen molar-refractivity contribution in [2.75, 3.05) is 6.61 Å². The van der Waals surface area contributed by atoms with Crippen LogP contribution < -0.4 is 10.1 Å². The summed E-state index contributed by atoms with van der Waals surface area (Å²) in [7, 11) is 0. The molecule has 0 aromatic heterocycles. The van der Waals surface area contributed by atoms with Gasteiger partial charge >= 0.3 is 0 Å². The zero-order valence-corrected chi connectivity index (χ0v) is 14.4. The summed E-state index contributed by atoms with van der Waals surface area (Å²) in [6, 6.07) is 15.4. The average Bonchev–Trinajstić information content (AvgIpc) is 2.66. The molecule has 0 spiro atoms. The number of benzene rings is 2. The van der Waals surface area contributed by atoms with Gasteiger partial charge in [-0.2, -0.15) is 5.26 Å². The molecule has 1 atom stereocenters. The van der Waals surface area contributed by atoms with E-state index in [2.05, 4.69) is 29.6 Å².